The van der Waals surface area contributed by atoms with Crippen molar-refractivity contribution in [1.82, 2.24) is 4.90 Å². The van der Waals surface area contributed by atoms with E-state index >= 15 is 0 Å². The van der Waals surface area contributed by atoms with Gasteiger partial charge in [0, 0.05) is 19.6 Å². The first kappa shape index (κ1) is 7.53. The number of likely N-dealkylation sites (tertiary alicyclic amines) is 1. The van der Waals surface area contributed by atoms with Crippen molar-refractivity contribution in [2.24, 2.45) is 0 Å². The quantitative estimate of drug-likeness (QED) is 0.604. The molecule has 2 atom stereocenters. The zero-order valence-corrected chi connectivity index (χ0v) is 6.70. The summed E-state index contributed by atoms with van der Waals surface area (Å²) in [4.78, 5) is 2.30. The largest absolute Gasteiger partial charge is 0.395 e. The first-order valence-corrected chi connectivity index (χ1v) is 4.37. The monoisotopic (exact) mass is 157 g/mol. The van der Waals surface area contributed by atoms with Crippen LogP contribution in [0.4, 0.5) is 0 Å². The minimum atomic E-state index is 0.277. The molecule has 0 aliphatic carbocycles. The van der Waals surface area contributed by atoms with Crippen LogP contribution in [0.5, 0.6) is 0 Å². The molecule has 2 aliphatic rings. The van der Waals surface area contributed by atoms with Crippen LogP contribution in [-0.4, -0.2) is 48.5 Å². The Morgan fingerprint density at radius 3 is 2.45 bits per heavy atom. The van der Waals surface area contributed by atoms with Crippen LogP contribution in [0.3, 0.4) is 0 Å². The van der Waals surface area contributed by atoms with Crippen molar-refractivity contribution >= 4 is 0 Å². The van der Waals surface area contributed by atoms with Crippen molar-refractivity contribution < 1.29 is 9.84 Å². The highest BCUT2D eigenvalue weighted by Gasteiger charge is 2.32. The molecule has 0 aromatic carbocycles. The molecule has 2 saturated heterocycles. The number of rotatable bonds is 2. The van der Waals surface area contributed by atoms with Crippen molar-refractivity contribution in [3.63, 3.8) is 0 Å². The van der Waals surface area contributed by atoms with Gasteiger partial charge >= 0.3 is 0 Å². The van der Waals surface area contributed by atoms with Crippen LogP contribution in [0.2, 0.25) is 0 Å². The maximum Gasteiger partial charge on any atom is 0.0707 e. The van der Waals surface area contributed by atoms with Gasteiger partial charge in [-0.2, -0.15) is 0 Å². The molecule has 1 N–H and O–H groups in total. The number of aliphatic hydroxyl groups is 1. The molecule has 3 nitrogen and oxygen atoms in total. The van der Waals surface area contributed by atoms with Gasteiger partial charge in [-0.3, -0.25) is 4.90 Å². The Labute approximate surface area is 66.9 Å². The third kappa shape index (κ3) is 1.55. The number of aliphatic hydroxyl groups excluding tert-OH is 1. The van der Waals surface area contributed by atoms with Crippen LogP contribution in [0.15, 0.2) is 0 Å². The molecule has 2 rings (SSSR count). The lowest BCUT2D eigenvalue weighted by Gasteiger charge is -2.31. The topological polar surface area (TPSA) is 32.7 Å². The lowest BCUT2D eigenvalue weighted by atomic mass is 10.2. The molecule has 0 aromatic rings. The van der Waals surface area contributed by atoms with E-state index in [4.69, 9.17) is 9.84 Å². The maximum absolute atomic E-state index is 8.73. The van der Waals surface area contributed by atoms with Gasteiger partial charge in [0.15, 0.2) is 0 Å². The predicted octanol–water partition coefficient (Wildman–Crippen LogP) is -0.158. The standard InChI is InChI=1S/C8H15NO2/c10-4-3-9-5-7-1-2-8(6-9)11-7/h7-8,10H,1-6H2. The van der Waals surface area contributed by atoms with E-state index in [1.54, 1.807) is 0 Å². The summed E-state index contributed by atoms with van der Waals surface area (Å²) < 4.78 is 5.65. The van der Waals surface area contributed by atoms with Gasteiger partial charge < -0.3 is 9.84 Å². The average Bonchev–Trinajstić information content (AvgIpc) is 2.32. The number of ether oxygens (including phenoxy) is 1. The second kappa shape index (κ2) is 3.09. The SMILES string of the molecule is OCCN1CC2CCC(C1)O2. The van der Waals surface area contributed by atoms with Gasteiger partial charge in [0.2, 0.25) is 0 Å². The minimum absolute atomic E-state index is 0.277. The maximum atomic E-state index is 8.73. The summed E-state index contributed by atoms with van der Waals surface area (Å²) in [6.45, 7) is 3.14. The first-order chi connectivity index (χ1) is 5.38. The molecule has 2 heterocycles. The smallest absolute Gasteiger partial charge is 0.0707 e. The van der Waals surface area contributed by atoms with Gasteiger partial charge in [-0.05, 0) is 12.8 Å². The minimum Gasteiger partial charge on any atom is -0.395 e. The Bertz CT molecular complexity index is 128. The lowest BCUT2D eigenvalue weighted by molar-refractivity contribution is -0.0417. The van der Waals surface area contributed by atoms with Crippen molar-refractivity contribution in [3.8, 4) is 0 Å². The van der Waals surface area contributed by atoms with E-state index in [0.29, 0.717) is 12.2 Å². The van der Waals surface area contributed by atoms with Gasteiger partial charge in [-0.1, -0.05) is 0 Å². The van der Waals surface area contributed by atoms with Crippen molar-refractivity contribution in [3.05, 3.63) is 0 Å². The molecule has 64 valence electrons. The molecule has 0 aromatic heterocycles. The predicted molar refractivity (Wildman–Crippen MR) is 41.4 cm³/mol. The summed E-state index contributed by atoms with van der Waals surface area (Å²) in [5.74, 6) is 0. The van der Waals surface area contributed by atoms with Crippen LogP contribution >= 0.6 is 0 Å². The number of morpholine rings is 1. The van der Waals surface area contributed by atoms with Crippen LogP contribution in [0.1, 0.15) is 12.8 Å². The Kier molecular flexibility index (Phi) is 2.11. The van der Waals surface area contributed by atoms with Crippen LogP contribution < -0.4 is 0 Å². The third-order valence-corrected chi connectivity index (χ3v) is 2.54. The fourth-order valence-corrected chi connectivity index (χ4v) is 2.02. The summed E-state index contributed by atoms with van der Waals surface area (Å²) in [6.07, 6.45) is 3.35. The summed E-state index contributed by atoms with van der Waals surface area (Å²) in [5, 5.41) is 8.73. The summed E-state index contributed by atoms with van der Waals surface area (Å²) in [7, 11) is 0. The molecule has 2 bridgehead atoms. The molecular weight excluding hydrogens is 142 g/mol. The Balaban J connectivity index is 1.87. The summed E-state index contributed by atoms with van der Waals surface area (Å²) in [5.41, 5.74) is 0. The highest BCUT2D eigenvalue weighted by atomic mass is 16.5. The lowest BCUT2D eigenvalue weighted by Crippen LogP contribution is -2.43. The molecule has 0 amide bonds. The van der Waals surface area contributed by atoms with E-state index in [-0.39, 0.29) is 6.61 Å². The number of nitrogens with zero attached hydrogens (tertiary/aromatic N) is 1. The molecule has 2 unspecified atom stereocenters. The highest BCUT2D eigenvalue weighted by molar-refractivity contribution is 4.84. The number of hydrogen-bond acceptors (Lipinski definition) is 3. The van der Waals surface area contributed by atoms with Crippen molar-refractivity contribution in [1.29, 1.82) is 0 Å². The molecule has 2 aliphatic heterocycles. The van der Waals surface area contributed by atoms with E-state index < -0.39 is 0 Å². The molecule has 11 heavy (non-hydrogen) atoms. The summed E-state index contributed by atoms with van der Waals surface area (Å²) >= 11 is 0. The summed E-state index contributed by atoms with van der Waals surface area (Å²) in [6, 6.07) is 0. The first-order valence-electron chi connectivity index (χ1n) is 4.37. The van der Waals surface area contributed by atoms with Crippen LogP contribution in [0, 0.1) is 0 Å². The van der Waals surface area contributed by atoms with E-state index in [9.17, 15) is 0 Å². The van der Waals surface area contributed by atoms with E-state index in [1.165, 1.54) is 12.8 Å². The number of hydrogen-bond donors (Lipinski definition) is 1. The average molecular weight is 157 g/mol. The molecule has 3 heteroatoms. The fraction of sp³-hybridized carbons (Fsp3) is 1.00. The van der Waals surface area contributed by atoms with Gasteiger partial charge in [0.1, 0.15) is 0 Å². The fourth-order valence-electron chi connectivity index (χ4n) is 2.02. The van der Waals surface area contributed by atoms with E-state index in [0.717, 1.165) is 19.6 Å². The molecule has 0 saturated carbocycles. The number of β-amino-alcohol motifs (C(OH)–C–C–N with tert-alkyl or cyclic N) is 1. The highest BCUT2D eigenvalue weighted by Crippen LogP contribution is 2.25. The van der Waals surface area contributed by atoms with Gasteiger partial charge in [0.05, 0.1) is 18.8 Å². The van der Waals surface area contributed by atoms with Gasteiger partial charge in [-0.25, -0.2) is 0 Å². The Morgan fingerprint density at radius 2 is 1.91 bits per heavy atom. The Morgan fingerprint density at radius 1 is 1.27 bits per heavy atom. The van der Waals surface area contributed by atoms with E-state index in [1.807, 2.05) is 0 Å². The van der Waals surface area contributed by atoms with Gasteiger partial charge in [-0.15, -0.1) is 0 Å². The van der Waals surface area contributed by atoms with Crippen LogP contribution in [0.25, 0.3) is 0 Å². The zero-order valence-electron chi connectivity index (χ0n) is 6.70. The molecular formula is C8H15NO2. The van der Waals surface area contributed by atoms with Gasteiger partial charge in [0.25, 0.3) is 0 Å². The second-order valence-corrected chi connectivity index (χ2v) is 3.44. The second-order valence-electron chi connectivity index (χ2n) is 3.44. The van der Waals surface area contributed by atoms with Crippen molar-refractivity contribution in [2.75, 3.05) is 26.2 Å². The third-order valence-electron chi connectivity index (χ3n) is 2.54. The molecule has 0 radical (unpaired) electrons. The van der Waals surface area contributed by atoms with Crippen LogP contribution in [-0.2, 0) is 4.74 Å². The Hall–Kier alpha value is -0.120. The van der Waals surface area contributed by atoms with Crippen molar-refractivity contribution in [2.45, 2.75) is 25.0 Å². The molecule has 0 spiro atoms. The van der Waals surface area contributed by atoms with E-state index in [2.05, 4.69) is 4.90 Å². The number of fused-ring (bicyclic) bond motifs is 2. The zero-order chi connectivity index (χ0) is 7.68. The normalized spacial score (nSPS) is 37.9. The molecule has 2 fully saturated rings.